The quantitative estimate of drug-likeness (QED) is 0.199. The Kier molecular flexibility index (Phi) is 6.40. The number of nitrogens with zero attached hydrogens (tertiary/aromatic N) is 1. The maximum atomic E-state index is 6.28. The van der Waals surface area contributed by atoms with E-state index in [0.717, 1.165) is 5.69 Å². The van der Waals surface area contributed by atoms with E-state index >= 15 is 0 Å². The Morgan fingerprint density at radius 2 is 0.913 bits per heavy atom. The zero-order chi connectivity index (χ0) is 30.5. The summed E-state index contributed by atoms with van der Waals surface area (Å²) in [5.41, 5.74) is 15.8. The molecule has 218 valence electrons. The molecule has 9 rings (SSSR count). The van der Waals surface area contributed by atoms with Crippen LogP contribution >= 0.6 is 0 Å². The molecule has 46 heavy (non-hydrogen) atoms. The molecule has 0 saturated carbocycles. The fourth-order valence-corrected chi connectivity index (χ4v) is 7.09. The van der Waals surface area contributed by atoms with Gasteiger partial charge in [0.25, 0.3) is 0 Å². The van der Waals surface area contributed by atoms with Gasteiger partial charge in [-0.25, -0.2) is 0 Å². The standard InChI is InChI=1S/C44H31NO/c1-3-11-30(12-4-1)34-23-35(31-13-5-2-6-14-31)25-36(24-34)32-19-20-33-28-46-29-37-26-38(21-22-39(37)42(33)27-32)45-43-17-9-7-15-40(43)41-16-8-10-18-44(41)45/h1-27H,28-29H2. The van der Waals surface area contributed by atoms with Gasteiger partial charge in [0.1, 0.15) is 0 Å². The van der Waals surface area contributed by atoms with Gasteiger partial charge in [0.2, 0.25) is 0 Å². The van der Waals surface area contributed by atoms with Crippen LogP contribution in [0.5, 0.6) is 0 Å². The Hall–Kier alpha value is -5.70. The first kappa shape index (κ1) is 26.7. The fraction of sp³-hybridized carbons (Fsp3) is 0.0455. The van der Waals surface area contributed by atoms with Crippen molar-refractivity contribution in [3.05, 3.63) is 175 Å². The van der Waals surface area contributed by atoms with Crippen molar-refractivity contribution in [1.29, 1.82) is 0 Å². The van der Waals surface area contributed by atoms with Gasteiger partial charge < -0.3 is 9.30 Å². The first-order valence-electron chi connectivity index (χ1n) is 15.9. The Labute approximate surface area is 268 Å². The predicted molar refractivity (Wildman–Crippen MR) is 191 cm³/mol. The molecule has 2 heteroatoms. The molecule has 1 aliphatic rings. The molecule has 0 amide bonds. The predicted octanol–water partition coefficient (Wildman–Crippen LogP) is 11.5. The van der Waals surface area contributed by atoms with Crippen molar-refractivity contribution in [2.24, 2.45) is 0 Å². The molecule has 7 aromatic carbocycles. The molecule has 0 spiro atoms. The third-order valence-electron chi connectivity index (χ3n) is 9.32. The largest absolute Gasteiger partial charge is 0.372 e. The zero-order valence-electron chi connectivity index (χ0n) is 25.4. The molecule has 0 aliphatic carbocycles. The normalized spacial score (nSPS) is 12.5. The molecule has 0 atom stereocenters. The second kappa shape index (κ2) is 11.0. The summed E-state index contributed by atoms with van der Waals surface area (Å²) in [6.45, 7) is 1.17. The summed E-state index contributed by atoms with van der Waals surface area (Å²) in [4.78, 5) is 0. The highest BCUT2D eigenvalue weighted by Gasteiger charge is 2.19. The van der Waals surface area contributed by atoms with Crippen molar-refractivity contribution in [3.63, 3.8) is 0 Å². The van der Waals surface area contributed by atoms with Crippen LogP contribution < -0.4 is 0 Å². The summed E-state index contributed by atoms with van der Waals surface area (Å²) < 4.78 is 8.67. The number of benzene rings is 7. The highest BCUT2D eigenvalue weighted by Crippen LogP contribution is 2.39. The van der Waals surface area contributed by atoms with Crippen molar-refractivity contribution in [2.45, 2.75) is 13.2 Å². The van der Waals surface area contributed by atoms with E-state index in [9.17, 15) is 0 Å². The second-order valence-electron chi connectivity index (χ2n) is 12.1. The van der Waals surface area contributed by atoms with Crippen molar-refractivity contribution in [1.82, 2.24) is 4.57 Å². The Morgan fingerprint density at radius 1 is 0.370 bits per heavy atom. The number of para-hydroxylation sites is 2. The van der Waals surface area contributed by atoms with Gasteiger partial charge in [-0.15, -0.1) is 0 Å². The molecular formula is C44H31NO. The van der Waals surface area contributed by atoms with Crippen LogP contribution in [0.15, 0.2) is 164 Å². The van der Waals surface area contributed by atoms with E-state index in [1.54, 1.807) is 0 Å². The first-order valence-corrected chi connectivity index (χ1v) is 15.9. The van der Waals surface area contributed by atoms with Gasteiger partial charge in [0.05, 0.1) is 24.2 Å². The van der Waals surface area contributed by atoms with Gasteiger partial charge in [-0.05, 0) is 104 Å². The maximum Gasteiger partial charge on any atom is 0.0728 e. The van der Waals surface area contributed by atoms with E-state index in [1.807, 2.05) is 0 Å². The molecule has 0 fully saturated rings. The van der Waals surface area contributed by atoms with Crippen LogP contribution in [0, 0.1) is 0 Å². The number of fused-ring (bicyclic) bond motifs is 6. The van der Waals surface area contributed by atoms with Gasteiger partial charge in [0, 0.05) is 16.5 Å². The van der Waals surface area contributed by atoms with Crippen LogP contribution in [0.2, 0.25) is 0 Å². The summed E-state index contributed by atoms with van der Waals surface area (Å²) in [6, 6.07) is 59.4. The number of hydrogen-bond acceptors (Lipinski definition) is 1. The van der Waals surface area contributed by atoms with Crippen molar-refractivity contribution in [3.8, 4) is 50.2 Å². The number of aromatic nitrogens is 1. The highest BCUT2D eigenvalue weighted by atomic mass is 16.5. The molecule has 1 aromatic heterocycles. The van der Waals surface area contributed by atoms with Gasteiger partial charge in [-0.2, -0.15) is 0 Å². The average molecular weight is 590 g/mol. The van der Waals surface area contributed by atoms with Crippen LogP contribution in [0.3, 0.4) is 0 Å². The molecule has 0 unspecified atom stereocenters. The molecule has 8 aromatic rings. The molecule has 0 saturated heterocycles. The third-order valence-corrected chi connectivity index (χ3v) is 9.32. The zero-order valence-corrected chi connectivity index (χ0v) is 25.4. The van der Waals surface area contributed by atoms with Crippen molar-refractivity contribution < 1.29 is 4.74 Å². The summed E-state index contributed by atoms with van der Waals surface area (Å²) in [7, 11) is 0. The number of hydrogen-bond donors (Lipinski definition) is 0. The lowest BCUT2D eigenvalue weighted by Crippen LogP contribution is -1.97. The minimum absolute atomic E-state index is 0.575. The van der Waals surface area contributed by atoms with E-state index in [1.165, 1.54) is 77.4 Å². The summed E-state index contributed by atoms with van der Waals surface area (Å²) in [5, 5.41) is 2.54. The van der Waals surface area contributed by atoms with Crippen LogP contribution in [0.25, 0.3) is 72.0 Å². The topological polar surface area (TPSA) is 14.2 Å². The SMILES string of the molecule is c1ccc(-c2cc(-c3ccccc3)cc(-c3ccc4c(c3)-c3ccc(-n5c6ccccc6c6ccccc65)cc3COC4)c2)cc1. The lowest BCUT2D eigenvalue weighted by atomic mass is 9.90. The van der Waals surface area contributed by atoms with E-state index in [2.05, 4.69) is 168 Å². The molecule has 2 heterocycles. The number of ether oxygens (including phenoxy) is 1. The average Bonchev–Trinajstić information content (AvgIpc) is 3.35. The van der Waals surface area contributed by atoms with Crippen LogP contribution in [0.1, 0.15) is 11.1 Å². The van der Waals surface area contributed by atoms with Gasteiger partial charge in [-0.1, -0.05) is 115 Å². The van der Waals surface area contributed by atoms with E-state index in [0.29, 0.717) is 13.2 Å². The first-order chi connectivity index (χ1) is 22.8. The minimum atomic E-state index is 0.575. The van der Waals surface area contributed by atoms with Gasteiger partial charge >= 0.3 is 0 Å². The van der Waals surface area contributed by atoms with Gasteiger partial charge in [-0.3, -0.25) is 0 Å². The highest BCUT2D eigenvalue weighted by molar-refractivity contribution is 6.09. The van der Waals surface area contributed by atoms with E-state index in [-0.39, 0.29) is 0 Å². The molecule has 0 bridgehead atoms. The van der Waals surface area contributed by atoms with E-state index < -0.39 is 0 Å². The lowest BCUT2D eigenvalue weighted by Gasteiger charge is -2.15. The molecule has 1 aliphatic heterocycles. The molecule has 2 nitrogen and oxygen atoms in total. The van der Waals surface area contributed by atoms with Crippen LogP contribution in [0.4, 0.5) is 0 Å². The monoisotopic (exact) mass is 589 g/mol. The van der Waals surface area contributed by atoms with Crippen molar-refractivity contribution in [2.75, 3.05) is 0 Å². The number of rotatable bonds is 4. The Morgan fingerprint density at radius 3 is 1.54 bits per heavy atom. The summed E-state index contributed by atoms with van der Waals surface area (Å²) in [5.74, 6) is 0. The summed E-state index contributed by atoms with van der Waals surface area (Å²) >= 11 is 0. The molecule has 0 radical (unpaired) electrons. The van der Waals surface area contributed by atoms with Crippen LogP contribution in [-0.4, -0.2) is 4.57 Å². The van der Waals surface area contributed by atoms with Gasteiger partial charge in [0.15, 0.2) is 0 Å². The minimum Gasteiger partial charge on any atom is -0.372 e. The summed E-state index contributed by atoms with van der Waals surface area (Å²) in [6.07, 6.45) is 0. The molecule has 0 N–H and O–H groups in total. The lowest BCUT2D eigenvalue weighted by molar-refractivity contribution is 0.110. The maximum absolute atomic E-state index is 6.28. The smallest absolute Gasteiger partial charge is 0.0728 e. The van der Waals surface area contributed by atoms with Crippen LogP contribution in [-0.2, 0) is 18.0 Å². The Balaban J connectivity index is 1.19. The second-order valence-corrected chi connectivity index (χ2v) is 12.1. The third kappa shape index (κ3) is 4.54. The molecular weight excluding hydrogens is 558 g/mol. The fourth-order valence-electron chi connectivity index (χ4n) is 7.09. The Bertz CT molecular complexity index is 2270. The van der Waals surface area contributed by atoms with E-state index in [4.69, 9.17) is 4.74 Å². The van der Waals surface area contributed by atoms with Crippen molar-refractivity contribution >= 4 is 21.8 Å².